The number of hydrogen-bond donors (Lipinski definition) is 2. The first-order valence-corrected chi connectivity index (χ1v) is 7.50. The number of aromatic amines is 1. The number of aromatic nitrogens is 2. The molecule has 3 rings (SSSR count). The highest BCUT2D eigenvalue weighted by molar-refractivity contribution is 7.10. The number of nitrogens with zero attached hydrogens (tertiary/aromatic N) is 1. The van der Waals surface area contributed by atoms with Crippen molar-refractivity contribution in [1.82, 2.24) is 9.97 Å². The lowest BCUT2D eigenvalue weighted by molar-refractivity contribution is 0.225. The number of aliphatic hydroxyl groups excluding tert-OH is 1. The van der Waals surface area contributed by atoms with Gasteiger partial charge in [0.1, 0.15) is 11.9 Å². The molecule has 0 aliphatic heterocycles. The minimum absolute atomic E-state index is 0.448. The van der Waals surface area contributed by atoms with E-state index in [-0.39, 0.29) is 0 Å². The smallest absolute Gasteiger partial charge is 0.138 e. The number of halogens is 2. The van der Waals surface area contributed by atoms with Gasteiger partial charge < -0.3 is 10.1 Å². The first-order chi connectivity index (χ1) is 9.66. The van der Waals surface area contributed by atoms with Gasteiger partial charge in [-0.1, -0.05) is 29.3 Å². The van der Waals surface area contributed by atoms with Gasteiger partial charge in [-0.25, -0.2) is 4.98 Å². The van der Waals surface area contributed by atoms with Gasteiger partial charge in [-0.05, 0) is 23.6 Å². The van der Waals surface area contributed by atoms with Gasteiger partial charge >= 0.3 is 0 Å². The molecule has 2 aromatic heterocycles. The Morgan fingerprint density at radius 1 is 1.25 bits per heavy atom. The molecule has 0 spiro atoms. The van der Waals surface area contributed by atoms with Crippen LogP contribution in [0.25, 0.3) is 11.4 Å². The second-order valence-corrected chi connectivity index (χ2v) is 6.00. The summed E-state index contributed by atoms with van der Waals surface area (Å²) >= 11 is 13.5. The van der Waals surface area contributed by atoms with Crippen molar-refractivity contribution in [1.29, 1.82) is 0 Å². The van der Waals surface area contributed by atoms with Crippen LogP contribution in [-0.4, -0.2) is 15.1 Å². The third-order valence-corrected chi connectivity index (χ3v) is 4.49. The van der Waals surface area contributed by atoms with Gasteiger partial charge in [-0.2, -0.15) is 0 Å². The van der Waals surface area contributed by atoms with Crippen molar-refractivity contribution in [2.24, 2.45) is 0 Å². The third kappa shape index (κ3) is 2.47. The Bertz CT molecular complexity index is 725. The first kappa shape index (κ1) is 13.6. The maximum absolute atomic E-state index is 10.6. The zero-order valence-corrected chi connectivity index (χ0v) is 12.5. The number of aliphatic hydroxyl groups is 1. The van der Waals surface area contributed by atoms with Gasteiger partial charge in [-0.15, -0.1) is 11.3 Å². The Morgan fingerprint density at radius 2 is 2.10 bits per heavy atom. The van der Waals surface area contributed by atoms with E-state index in [1.165, 1.54) is 11.3 Å². The molecule has 2 heterocycles. The van der Waals surface area contributed by atoms with Gasteiger partial charge in [0.2, 0.25) is 0 Å². The maximum Gasteiger partial charge on any atom is 0.138 e. The summed E-state index contributed by atoms with van der Waals surface area (Å²) in [5.74, 6) is 0.727. The van der Waals surface area contributed by atoms with E-state index in [9.17, 15) is 5.11 Å². The summed E-state index contributed by atoms with van der Waals surface area (Å²) in [4.78, 5) is 8.05. The number of benzene rings is 1. The number of nitrogens with one attached hydrogen (secondary N) is 1. The number of H-pyrrole nitrogens is 1. The second-order valence-electron chi connectivity index (χ2n) is 4.20. The molecule has 20 heavy (non-hydrogen) atoms. The molecule has 1 atom stereocenters. The molecule has 0 amide bonds. The summed E-state index contributed by atoms with van der Waals surface area (Å²) in [7, 11) is 0. The average molecular weight is 325 g/mol. The third-order valence-electron chi connectivity index (χ3n) is 2.95. The Hall–Kier alpha value is -1.33. The van der Waals surface area contributed by atoms with Crippen LogP contribution in [0.3, 0.4) is 0 Å². The molecule has 6 heteroatoms. The van der Waals surface area contributed by atoms with E-state index >= 15 is 0 Å². The molecule has 0 unspecified atom stereocenters. The average Bonchev–Trinajstić information content (AvgIpc) is 3.09. The first-order valence-electron chi connectivity index (χ1n) is 5.87. The molecule has 3 aromatic rings. The number of rotatable bonds is 3. The lowest BCUT2D eigenvalue weighted by Gasteiger charge is -2.13. The molecule has 0 fully saturated rings. The van der Waals surface area contributed by atoms with Crippen molar-refractivity contribution in [3.8, 4) is 11.4 Å². The highest BCUT2D eigenvalue weighted by atomic mass is 35.5. The van der Waals surface area contributed by atoms with Crippen LogP contribution in [0.2, 0.25) is 10.0 Å². The molecule has 1 aromatic carbocycles. The van der Waals surface area contributed by atoms with E-state index in [1.54, 1.807) is 30.6 Å². The lowest BCUT2D eigenvalue weighted by atomic mass is 10.0. The van der Waals surface area contributed by atoms with Crippen LogP contribution in [0, 0.1) is 0 Å². The van der Waals surface area contributed by atoms with Crippen molar-refractivity contribution < 1.29 is 5.11 Å². The minimum atomic E-state index is -0.806. The molecular formula is C14H10Cl2N2OS. The highest BCUT2D eigenvalue weighted by Gasteiger charge is 2.20. The van der Waals surface area contributed by atoms with Gasteiger partial charge in [0.15, 0.2) is 0 Å². The molecule has 3 nitrogen and oxygen atoms in total. The fourth-order valence-corrected chi connectivity index (χ4v) is 3.42. The summed E-state index contributed by atoms with van der Waals surface area (Å²) in [5, 5.41) is 13.5. The molecule has 0 bridgehead atoms. The maximum atomic E-state index is 10.6. The summed E-state index contributed by atoms with van der Waals surface area (Å²) in [6.07, 6.45) is 2.62. The van der Waals surface area contributed by atoms with Crippen molar-refractivity contribution >= 4 is 34.5 Å². The molecule has 0 aliphatic carbocycles. The normalized spacial score (nSPS) is 12.6. The van der Waals surface area contributed by atoms with E-state index in [1.807, 2.05) is 11.4 Å². The van der Waals surface area contributed by atoms with Gasteiger partial charge in [-0.3, -0.25) is 0 Å². The largest absolute Gasteiger partial charge is 0.383 e. The standard InChI is InChI=1S/C14H10Cl2N2OS/c15-8-1-2-9(11(16)7-8)12(19)13-10(3-6-20-13)14-17-4-5-18-14/h1-7,12,19H,(H,17,18)/t12-/m0/s1. The summed E-state index contributed by atoms with van der Waals surface area (Å²) in [5.41, 5.74) is 1.50. The molecular weight excluding hydrogens is 315 g/mol. The second kappa shape index (κ2) is 5.58. The van der Waals surface area contributed by atoms with Crippen molar-refractivity contribution in [3.05, 3.63) is 62.5 Å². The number of hydrogen-bond acceptors (Lipinski definition) is 3. The number of imidazole rings is 1. The molecule has 0 aliphatic rings. The molecule has 0 saturated heterocycles. The Balaban J connectivity index is 2.03. The van der Waals surface area contributed by atoms with Crippen LogP contribution in [0.4, 0.5) is 0 Å². The van der Waals surface area contributed by atoms with Gasteiger partial charge in [0, 0.05) is 38.4 Å². The molecule has 102 valence electrons. The molecule has 2 N–H and O–H groups in total. The van der Waals surface area contributed by atoms with Crippen LogP contribution < -0.4 is 0 Å². The van der Waals surface area contributed by atoms with E-state index in [2.05, 4.69) is 9.97 Å². The predicted molar refractivity (Wildman–Crippen MR) is 82.4 cm³/mol. The van der Waals surface area contributed by atoms with Gasteiger partial charge in [0.05, 0.1) is 0 Å². The monoisotopic (exact) mass is 324 g/mol. The summed E-state index contributed by atoms with van der Waals surface area (Å²) in [6, 6.07) is 7.00. The molecule has 0 saturated carbocycles. The fourth-order valence-electron chi connectivity index (χ4n) is 2.01. The predicted octanol–water partition coefficient (Wildman–Crippen LogP) is 4.53. The van der Waals surface area contributed by atoms with E-state index in [0.29, 0.717) is 15.6 Å². The van der Waals surface area contributed by atoms with Crippen LogP contribution in [0.5, 0.6) is 0 Å². The lowest BCUT2D eigenvalue weighted by Crippen LogP contribution is -2.00. The van der Waals surface area contributed by atoms with Crippen LogP contribution in [0.15, 0.2) is 42.0 Å². The zero-order chi connectivity index (χ0) is 14.1. The van der Waals surface area contributed by atoms with Crippen LogP contribution in [0.1, 0.15) is 16.5 Å². The minimum Gasteiger partial charge on any atom is -0.383 e. The van der Waals surface area contributed by atoms with E-state index in [0.717, 1.165) is 16.3 Å². The topological polar surface area (TPSA) is 48.9 Å². The zero-order valence-electron chi connectivity index (χ0n) is 10.2. The quantitative estimate of drug-likeness (QED) is 0.743. The SMILES string of the molecule is O[C@@H](c1ccc(Cl)cc1Cl)c1sccc1-c1ncc[nH]1. The Labute approximate surface area is 129 Å². The van der Waals surface area contributed by atoms with Crippen molar-refractivity contribution in [2.45, 2.75) is 6.10 Å². The van der Waals surface area contributed by atoms with Crippen LogP contribution in [-0.2, 0) is 0 Å². The van der Waals surface area contributed by atoms with Gasteiger partial charge in [0.25, 0.3) is 0 Å². The summed E-state index contributed by atoms with van der Waals surface area (Å²) in [6.45, 7) is 0. The fraction of sp³-hybridized carbons (Fsp3) is 0.0714. The summed E-state index contributed by atoms with van der Waals surface area (Å²) < 4.78 is 0. The Morgan fingerprint density at radius 3 is 2.80 bits per heavy atom. The Kier molecular flexibility index (Phi) is 3.81. The van der Waals surface area contributed by atoms with E-state index < -0.39 is 6.10 Å². The van der Waals surface area contributed by atoms with Crippen molar-refractivity contribution in [2.75, 3.05) is 0 Å². The highest BCUT2D eigenvalue weighted by Crippen LogP contribution is 2.37. The van der Waals surface area contributed by atoms with Crippen molar-refractivity contribution in [3.63, 3.8) is 0 Å². The molecule has 0 radical (unpaired) electrons. The van der Waals surface area contributed by atoms with Crippen LogP contribution >= 0.6 is 34.5 Å². The van der Waals surface area contributed by atoms with E-state index in [4.69, 9.17) is 23.2 Å². The number of thiophene rings is 1.